The van der Waals surface area contributed by atoms with Crippen molar-refractivity contribution in [1.82, 2.24) is 39.5 Å². The van der Waals surface area contributed by atoms with E-state index in [4.69, 9.17) is 32.7 Å². The van der Waals surface area contributed by atoms with Gasteiger partial charge in [0.25, 0.3) is 5.88 Å². The van der Waals surface area contributed by atoms with Gasteiger partial charge in [-0.15, -0.1) is 4.80 Å². The molecule has 4 aromatic rings. The van der Waals surface area contributed by atoms with E-state index >= 15 is 0 Å². The molecule has 3 amide bonds. The summed E-state index contributed by atoms with van der Waals surface area (Å²) in [7, 11) is 0. The van der Waals surface area contributed by atoms with Crippen molar-refractivity contribution < 1.29 is 19.1 Å². The van der Waals surface area contributed by atoms with Crippen LogP contribution < -0.4 is 15.4 Å². The number of nitrogens with zero attached hydrogens (tertiary/aromatic N) is 8. The number of amides is 3. The summed E-state index contributed by atoms with van der Waals surface area (Å²) >= 11 is 12.2. The van der Waals surface area contributed by atoms with Crippen LogP contribution in [-0.2, 0) is 4.74 Å². The first kappa shape index (κ1) is 22.8. The molecular weight excluding hydrogens is 503 g/mol. The zero-order valence-electron chi connectivity index (χ0n) is 17.8. The third-order valence-corrected chi connectivity index (χ3v) is 5.26. The number of aromatic nitrogens is 7. The summed E-state index contributed by atoms with van der Waals surface area (Å²) in [6.07, 6.45) is 5.05. The van der Waals surface area contributed by atoms with E-state index in [1.165, 1.54) is 51.1 Å². The number of morpholine rings is 1. The molecule has 0 atom stereocenters. The molecule has 5 heterocycles. The van der Waals surface area contributed by atoms with Crippen molar-refractivity contribution >= 4 is 52.3 Å². The lowest BCUT2D eigenvalue weighted by molar-refractivity contribution is 0.0410. The predicted molar refractivity (Wildman–Crippen MR) is 123 cm³/mol. The molecule has 5 rings (SSSR count). The lowest BCUT2D eigenvalue weighted by atomic mass is 10.4. The Morgan fingerprint density at radius 1 is 1.03 bits per heavy atom. The van der Waals surface area contributed by atoms with Gasteiger partial charge in [0.15, 0.2) is 16.6 Å². The summed E-state index contributed by atoms with van der Waals surface area (Å²) in [5.41, 5.74) is 0.698. The van der Waals surface area contributed by atoms with Gasteiger partial charge in [0, 0.05) is 19.2 Å². The van der Waals surface area contributed by atoms with Crippen LogP contribution in [0.4, 0.5) is 21.0 Å². The number of pyridine rings is 1. The van der Waals surface area contributed by atoms with Crippen LogP contribution in [0.2, 0.25) is 10.2 Å². The molecule has 0 spiro atoms. The normalized spacial score (nSPS) is 13.6. The van der Waals surface area contributed by atoms with Crippen LogP contribution >= 0.6 is 23.2 Å². The molecule has 0 saturated carbocycles. The second-order valence-electron chi connectivity index (χ2n) is 7.11. The van der Waals surface area contributed by atoms with Crippen molar-refractivity contribution in [3.63, 3.8) is 0 Å². The molecule has 2 N–H and O–H groups in total. The minimum absolute atomic E-state index is 0.0650. The number of rotatable bonds is 4. The molecule has 180 valence electrons. The molecule has 0 unspecified atom stereocenters. The van der Waals surface area contributed by atoms with Crippen LogP contribution in [0.5, 0.6) is 5.88 Å². The van der Waals surface area contributed by atoms with Crippen LogP contribution in [-0.4, -0.2) is 77.9 Å². The second-order valence-corrected chi connectivity index (χ2v) is 7.90. The fraction of sp³-hybridized carbons (Fsp3) is 0.211. The minimum atomic E-state index is -0.670. The predicted octanol–water partition coefficient (Wildman–Crippen LogP) is 2.49. The molecule has 0 aromatic carbocycles. The summed E-state index contributed by atoms with van der Waals surface area (Å²) in [6, 6.07) is 2.30. The highest BCUT2D eigenvalue weighted by Gasteiger charge is 2.23. The quantitative estimate of drug-likeness (QED) is 0.414. The zero-order valence-corrected chi connectivity index (χ0v) is 19.3. The largest absolute Gasteiger partial charge is 0.416 e. The number of hydrogen-bond donors (Lipinski definition) is 2. The number of anilines is 2. The van der Waals surface area contributed by atoms with Crippen molar-refractivity contribution in [3.8, 4) is 11.7 Å². The topological polar surface area (TPSA) is 154 Å². The Bertz CT molecular complexity index is 1390. The van der Waals surface area contributed by atoms with Gasteiger partial charge in [-0.3, -0.25) is 0 Å². The molecule has 4 aromatic heterocycles. The van der Waals surface area contributed by atoms with E-state index in [0.29, 0.717) is 43.5 Å². The molecular formula is C19H16Cl2N10O4. The van der Waals surface area contributed by atoms with E-state index in [1.807, 2.05) is 0 Å². The van der Waals surface area contributed by atoms with Gasteiger partial charge < -0.3 is 25.0 Å². The molecule has 1 saturated heterocycles. The zero-order chi connectivity index (χ0) is 24.4. The maximum Gasteiger partial charge on any atom is 0.416 e. The van der Waals surface area contributed by atoms with Crippen molar-refractivity contribution in [2.24, 2.45) is 0 Å². The van der Waals surface area contributed by atoms with Crippen molar-refractivity contribution in [3.05, 3.63) is 47.1 Å². The first-order chi connectivity index (χ1) is 17.0. The lowest BCUT2D eigenvalue weighted by Crippen LogP contribution is -2.42. The SMILES string of the molecule is O=C(Nc1cnc(-n2nccn2)c(Cl)c1)Nc1cnc2cc(Cl)nn2c1OC(=O)N1CCOCC1. The van der Waals surface area contributed by atoms with E-state index in [-0.39, 0.29) is 21.7 Å². The van der Waals surface area contributed by atoms with Crippen LogP contribution in [0.3, 0.4) is 0 Å². The summed E-state index contributed by atoms with van der Waals surface area (Å²) in [5, 5.41) is 17.6. The number of halogens is 2. The number of nitrogens with one attached hydrogen (secondary N) is 2. The third kappa shape index (κ3) is 4.94. The van der Waals surface area contributed by atoms with Gasteiger partial charge in [-0.05, 0) is 6.07 Å². The Balaban J connectivity index is 1.36. The molecule has 0 bridgehead atoms. The van der Waals surface area contributed by atoms with E-state index in [2.05, 4.69) is 35.9 Å². The van der Waals surface area contributed by atoms with Crippen LogP contribution in [0, 0.1) is 0 Å². The Hall–Kier alpha value is -4.01. The number of hydrogen-bond acceptors (Lipinski definition) is 9. The van der Waals surface area contributed by atoms with Crippen LogP contribution in [0.1, 0.15) is 0 Å². The second kappa shape index (κ2) is 9.69. The third-order valence-electron chi connectivity index (χ3n) is 4.80. The maximum absolute atomic E-state index is 12.7. The highest BCUT2D eigenvalue weighted by atomic mass is 35.5. The number of carbonyl (C=O) groups excluding carboxylic acids is 2. The van der Waals surface area contributed by atoms with Gasteiger partial charge in [0.05, 0.1) is 48.7 Å². The van der Waals surface area contributed by atoms with Gasteiger partial charge in [-0.1, -0.05) is 23.2 Å². The number of urea groups is 1. The average molecular weight is 519 g/mol. The molecule has 35 heavy (non-hydrogen) atoms. The molecule has 0 aliphatic carbocycles. The summed E-state index contributed by atoms with van der Waals surface area (Å²) in [6.45, 7) is 1.53. The van der Waals surface area contributed by atoms with Crippen molar-refractivity contribution in [2.45, 2.75) is 0 Å². The van der Waals surface area contributed by atoms with Gasteiger partial charge in [0.2, 0.25) is 0 Å². The van der Waals surface area contributed by atoms with Gasteiger partial charge in [-0.2, -0.15) is 19.8 Å². The number of ether oxygens (including phenoxy) is 2. The molecule has 14 nitrogen and oxygen atoms in total. The fourth-order valence-corrected chi connectivity index (χ4v) is 3.63. The van der Waals surface area contributed by atoms with E-state index in [9.17, 15) is 9.59 Å². The minimum Gasteiger partial charge on any atom is -0.389 e. The standard InChI is InChI=1S/C19H16Cl2N10O4/c20-12-7-11(9-23-16(12)31-24-1-2-25-31)26-18(32)27-13-10-22-15-8-14(21)28-30(15)17(13)35-19(33)29-3-5-34-6-4-29/h1-2,7-10H,3-6H2,(H2,26,27,32). The number of fused-ring (bicyclic) bond motifs is 1. The molecule has 1 aliphatic rings. The first-order valence-electron chi connectivity index (χ1n) is 10.2. The van der Waals surface area contributed by atoms with E-state index in [1.54, 1.807) is 0 Å². The molecule has 16 heteroatoms. The first-order valence-corrected chi connectivity index (χ1v) is 10.9. The van der Waals surface area contributed by atoms with Gasteiger partial charge in [0.1, 0.15) is 5.69 Å². The van der Waals surface area contributed by atoms with Crippen LogP contribution in [0.15, 0.2) is 36.9 Å². The van der Waals surface area contributed by atoms with Crippen molar-refractivity contribution in [1.29, 1.82) is 0 Å². The summed E-state index contributed by atoms with van der Waals surface area (Å²) < 4.78 is 12.1. The Labute approximate surface area is 206 Å². The fourth-order valence-electron chi connectivity index (χ4n) is 3.22. The summed E-state index contributed by atoms with van der Waals surface area (Å²) in [4.78, 5) is 36.5. The number of carbonyl (C=O) groups is 2. The maximum atomic E-state index is 12.7. The Morgan fingerprint density at radius 2 is 1.80 bits per heavy atom. The molecule has 0 radical (unpaired) electrons. The smallest absolute Gasteiger partial charge is 0.389 e. The molecule has 1 fully saturated rings. The van der Waals surface area contributed by atoms with Crippen LogP contribution in [0.25, 0.3) is 11.5 Å². The van der Waals surface area contributed by atoms with Gasteiger partial charge in [-0.25, -0.2) is 19.6 Å². The van der Waals surface area contributed by atoms with E-state index in [0.717, 1.165) is 0 Å². The van der Waals surface area contributed by atoms with Crippen molar-refractivity contribution in [2.75, 3.05) is 36.9 Å². The lowest BCUT2D eigenvalue weighted by Gasteiger charge is -2.26. The average Bonchev–Trinajstić information content (AvgIpc) is 3.51. The monoisotopic (exact) mass is 518 g/mol. The Morgan fingerprint density at radius 3 is 2.54 bits per heavy atom. The summed E-state index contributed by atoms with van der Waals surface area (Å²) in [5.74, 6) is 0.231. The van der Waals surface area contributed by atoms with E-state index < -0.39 is 12.1 Å². The van der Waals surface area contributed by atoms with Gasteiger partial charge >= 0.3 is 12.1 Å². The Kier molecular flexibility index (Phi) is 6.31. The molecule has 1 aliphatic heterocycles. The highest BCUT2D eigenvalue weighted by Crippen LogP contribution is 2.27. The highest BCUT2D eigenvalue weighted by molar-refractivity contribution is 6.32.